The van der Waals surface area contributed by atoms with Gasteiger partial charge in [-0.3, -0.25) is 15.0 Å². The smallest absolute Gasteiger partial charge is 0.322 e. The van der Waals surface area contributed by atoms with Gasteiger partial charge in [0.15, 0.2) is 11.6 Å². The molecule has 0 aliphatic heterocycles. The van der Waals surface area contributed by atoms with Crippen LogP contribution >= 0.6 is 0 Å². The summed E-state index contributed by atoms with van der Waals surface area (Å²) in [5.41, 5.74) is 1.17. The number of H-pyrrole nitrogens is 2. The second kappa shape index (κ2) is 6.83. The van der Waals surface area contributed by atoms with Crippen molar-refractivity contribution in [3.05, 3.63) is 82.8 Å². The molecule has 2 N–H and O–H groups in total. The summed E-state index contributed by atoms with van der Waals surface area (Å²) in [6.45, 7) is 0. The average molecular weight is 366 g/mol. The molecule has 0 fully saturated rings. The quantitative estimate of drug-likeness (QED) is 0.574. The molecule has 134 valence electrons. The molecule has 0 bridgehead atoms. The molecule has 4 aromatic rings. The predicted molar refractivity (Wildman–Crippen MR) is 94.3 cm³/mol. The number of aromatic nitrogens is 4. The maximum absolute atomic E-state index is 13.8. The summed E-state index contributed by atoms with van der Waals surface area (Å²) in [6, 6.07) is 12.9. The first-order chi connectivity index (χ1) is 13.1. The number of ether oxygens (including phenoxy) is 1. The number of halogens is 2. The Bertz CT molecular complexity index is 1150. The van der Waals surface area contributed by atoms with Crippen LogP contribution in [0.25, 0.3) is 22.5 Å². The molecule has 8 heteroatoms. The molecule has 2 aromatic heterocycles. The number of para-hydroxylation sites is 1. The summed E-state index contributed by atoms with van der Waals surface area (Å²) in [5.74, 6) is -0.973. The van der Waals surface area contributed by atoms with E-state index in [1.165, 1.54) is 42.6 Å². The van der Waals surface area contributed by atoms with E-state index in [-0.39, 0.29) is 17.3 Å². The third kappa shape index (κ3) is 3.32. The number of rotatable bonds is 4. The van der Waals surface area contributed by atoms with Crippen molar-refractivity contribution in [2.45, 2.75) is 0 Å². The zero-order valence-corrected chi connectivity index (χ0v) is 13.7. The second-order valence-electron chi connectivity index (χ2n) is 5.59. The van der Waals surface area contributed by atoms with Gasteiger partial charge in [0, 0.05) is 6.20 Å². The standard InChI is InChI=1S/C19H12F2N4O2/c20-12-7-5-11(6-8-12)16-17(24-25-18(16)26)14-9-10-22-19(23-14)27-15-4-2-1-3-13(15)21/h1-10H,(H2,24,25,26). The minimum Gasteiger partial charge on any atom is -0.421 e. The number of aromatic amines is 2. The van der Waals surface area contributed by atoms with Crippen molar-refractivity contribution in [1.29, 1.82) is 0 Å². The number of benzene rings is 2. The van der Waals surface area contributed by atoms with Gasteiger partial charge in [-0.1, -0.05) is 24.3 Å². The fourth-order valence-corrected chi connectivity index (χ4v) is 2.60. The second-order valence-corrected chi connectivity index (χ2v) is 5.59. The van der Waals surface area contributed by atoms with E-state index in [2.05, 4.69) is 20.2 Å². The van der Waals surface area contributed by atoms with Crippen LogP contribution in [-0.2, 0) is 0 Å². The van der Waals surface area contributed by atoms with Gasteiger partial charge in [0.25, 0.3) is 5.56 Å². The third-order valence-corrected chi connectivity index (χ3v) is 3.84. The van der Waals surface area contributed by atoms with Crippen molar-refractivity contribution in [2.75, 3.05) is 0 Å². The van der Waals surface area contributed by atoms with Gasteiger partial charge >= 0.3 is 6.01 Å². The van der Waals surface area contributed by atoms with Gasteiger partial charge < -0.3 is 4.74 Å². The Hall–Kier alpha value is -3.81. The van der Waals surface area contributed by atoms with Gasteiger partial charge in [-0.2, -0.15) is 4.98 Å². The maximum Gasteiger partial charge on any atom is 0.322 e. The Morgan fingerprint density at radius 3 is 2.48 bits per heavy atom. The fourth-order valence-electron chi connectivity index (χ4n) is 2.60. The zero-order valence-electron chi connectivity index (χ0n) is 13.7. The van der Waals surface area contributed by atoms with E-state index in [4.69, 9.17) is 4.74 Å². The van der Waals surface area contributed by atoms with Crippen molar-refractivity contribution in [3.8, 4) is 34.3 Å². The summed E-state index contributed by atoms with van der Waals surface area (Å²) in [4.78, 5) is 20.4. The summed E-state index contributed by atoms with van der Waals surface area (Å²) < 4.78 is 32.3. The van der Waals surface area contributed by atoms with Gasteiger partial charge in [0.2, 0.25) is 0 Å². The fraction of sp³-hybridized carbons (Fsp3) is 0. The number of nitrogens with zero attached hydrogens (tertiary/aromatic N) is 2. The Morgan fingerprint density at radius 1 is 0.926 bits per heavy atom. The molecule has 4 rings (SSSR count). The molecule has 0 aliphatic rings. The van der Waals surface area contributed by atoms with Crippen molar-refractivity contribution in [3.63, 3.8) is 0 Å². The first-order valence-corrected chi connectivity index (χ1v) is 7.94. The number of hydrogen-bond acceptors (Lipinski definition) is 4. The summed E-state index contributed by atoms with van der Waals surface area (Å²) in [7, 11) is 0. The molecular formula is C19H12F2N4O2. The lowest BCUT2D eigenvalue weighted by atomic mass is 10.0. The lowest BCUT2D eigenvalue weighted by Crippen LogP contribution is -2.02. The monoisotopic (exact) mass is 366 g/mol. The van der Waals surface area contributed by atoms with Crippen molar-refractivity contribution in [2.24, 2.45) is 0 Å². The normalized spacial score (nSPS) is 10.7. The molecule has 6 nitrogen and oxygen atoms in total. The van der Waals surface area contributed by atoms with E-state index in [1.54, 1.807) is 18.2 Å². The molecule has 0 saturated carbocycles. The van der Waals surface area contributed by atoms with E-state index in [0.717, 1.165) is 0 Å². The van der Waals surface area contributed by atoms with Crippen LogP contribution in [0.2, 0.25) is 0 Å². The van der Waals surface area contributed by atoms with Crippen LogP contribution < -0.4 is 10.3 Å². The van der Waals surface area contributed by atoms with Crippen LogP contribution in [-0.4, -0.2) is 20.2 Å². The summed E-state index contributed by atoms with van der Waals surface area (Å²) in [5, 5.41) is 5.25. The van der Waals surface area contributed by atoms with Crippen LogP contribution in [0.3, 0.4) is 0 Å². The molecule has 0 aliphatic carbocycles. The van der Waals surface area contributed by atoms with Crippen LogP contribution in [0.4, 0.5) is 8.78 Å². The van der Waals surface area contributed by atoms with Gasteiger partial charge in [0.1, 0.15) is 5.82 Å². The van der Waals surface area contributed by atoms with E-state index in [9.17, 15) is 13.6 Å². The van der Waals surface area contributed by atoms with Crippen molar-refractivity contribution < 1.29 is 13.5 Å². The van der Waals surface area contributed by atoms with Crippen LogP contribution in [0.15, 0.2) is 65.6 Å². The molecule has 0 unspecified atom stereocenters. The SMILES string of the molecule is O=c1[nH][nH]c(-c2ccnc(Oc3ccccc3F)n2)c1-c1ccc(F)cc1. The molecule has 0 atom stereocenters. The Morgan fingerprint density at radius 2 is 1.70 bits per heavy atom. The summed E-state index contributed by atoms with van der Waals surface area (Å²) >= 11 is 0. The predicted octanol–water partition coefficient (Wildman–Crippen LogP) is 3.90. The zero-order chi connectivity index (χ0) is 18.8. The van der Waals surface area contributed by atoms with Gasteiger partial charge in [-0.15, -0.1) is 0 Å². The summed E-state index contributed by atoms with van der Waals surface area (Å²) in [6.07, 6.45) is 1.43. The molecule has 27 heavy (non-hydrogen) atoms. The molecule has 0 radical (unpaired) electrons. The first-order valence-electron chi connectivity index (χ1n) is 7.94. The molecule has 2 aromatic carbocycles. The van der Waals surface area contributed by atoms with Crippen molar-refractivity contribution >= 4 is 0 Å². The highest BCUT2D eigenvalue weighted by Crippen LogP contribution is 2.28. The molecule has 0 amide bonds. The Balaban J connectivity index is 1.74. The van der Waals surface area contributed by atoms with Crippen molar-refractivity contribution in [1.82, 2.24) is 20.2 Å². The van der Waals surface area contributed by atoms with E-state index in [0.29, 0.717) is 22.5 Å². The highest BCUT2D eigenvalue weighted by Gasteiger charge is 2.16. The lowest BCUT2D eigenvalue weighted by Gasteiger charge is -2.06. The maximum atomic E-state index is 13.8. The van der Waals surface area contributed by atoms with E-state index < -0.39 is 11.6 Å². The molecule has 0 saturated heterocycles. The van der Waals surface area contributed by atoms with Gasteiger partial charge in [-0.05, 0) is 35.9 Å². The molecular weight excluding hydrogens is 354 g/mol. The Labute approximate surface area is 151 Å². The minimum atomic E-state index is -0.548. The van der Waals surface area contributed by atoms with E-state index in [1.807, 2.05) is 0 Å². The van der Waals surface area contributed by atoms with Gasteiger partial charge in [0.05, 0.1) is 17.0 Å². The Kier molecular flexibility index (Phi) is 4.21. The minimum absolute atomic E-state index is 0.0176. The number of nitrogens with one attached hydrogen (secondary N) is 2. The molecule has 2 heterocycles. The van der Waals surface area contributed by atoms with Crippen LogP contribution in [0, 0.1) is 11.6 Å². The van der Waals surface area contributed by atoms with E-state index >= 15 is 0 Å². The largest absolute Gasteiger partial charge is 0.421 e. The van der Waals surface area contributed by atoms with Crippen LogP contribution in [0.5, 0.6) is 11.8 Å². The number of hydrogen-bond donors (Lipinski definition) is 2. The third-order valence-electron chi connectivity index (χ3n) is 3.84. The van der Waals surface area contributed by atoms with Crippen LogP contribution in [0.1, 0.15) is 0 Å². The highest BCUT2D eigenvalue weighted by atomic mass is 19.1. The first kappa shape index (κ1) is 16.6. The lowest BCUT2D eigenvalue weighted by molar-refractivity contribution is 0.411. The topological polar surface area (TPSA) is 83.7 Å². The average Bonchev–Trinajstić information content (AvgIpc) is 3.06. The molecule has 0 spiro atoms. The van der Waals surface area contributed by atoms with Gasteiger partial charge in [-0.25, -0.2) is 13.8 Å². The highest BCUT2D eigenvalue weighted by molar-refractivity contribution is 5.78.